The molecule has 0 spiro atoms. The van der Waals surface area contributed by atoms with Crippen LogP contribution in [-0.2, 0) is 13.0 Å². The monoisotopic (exact) mass is 349 g/mol. The number of hydrogen-bond acceptors (Lipinski definition) is 8. The zero-order chi connectivity index (χ0) is 17.4. The molecule has 2 aromatic rings. The van der Waals surface area contributed by atoms with Crippen LogP contribution in [0.15, 0.2) is 17.3 Å². The quantitative estimate of drug-likeness (QED) is 0.426. The van der Waals surface area contributed by atoms with Crippen molar-refractivity contribution >= 4 is 24.8 Å². The van der Waals surface area contributed by atoms with Gasteiger partial charge in [-0.3, -0.25) is 0 Å². The molecule has 0 unspecified atom stereocenters. The second-order valence-corrected chi connectivity index (χ2v) is 6.60. The Morgan fingerprint density at radius 3 is 2.92 bits per heavy atom. The van der Waals surface area contributed by atoms with Crippen molar-refractivity contribution in [1.82, 2.24) is 14.9 Å². The number of nitrogens with two attached hydrogens (primary N) is 2. The predicted molar refractivity (Wildman–Crippen MR) is 88.2 cm³/mol. The van der Waals surface area contributed by atoms with Crippen molar-refractivity contribution in [2.24, 2.45) is 5.73 Å². The van der Waals surface area contributed by atoms with E-state index in [0.717, 1.165) is 0 Å². The van der Waals surface area contributed by atoms with Gasteiger partial charge in [0.25, 0.3) is 0 Å². The van der Waals surface area contributed by atoms with Crippen LogP contribution < -0.4 is 16.2 Å². The van der Waals surface area contributed by atoms with Crippen molar-refractivity contribution in [2.75, 3.05) is 5.84 Å². The second kappa shape index (κ2) is 6.34. The van der Waals surface area contributed by atoms with Gasteiger partial charge in [-0.05, 0) is 24.5 Å². The average Bonchev–Trinajstić information content (AvgIpc) is 2.88. The van der Waals surface area contributed by atoms with Crippen LogP contribution in [0, 0.1) is 6.92 Å². The fourth-order valence-electron chi connectivity index (χ4n) is 2.56. The molecule has 6 N–H and O–H groups in total. The molecule has 0 fully saturated rings. The van der Waals surface area contributed by atoms with Gasteiger partial charge in [-0.15, -0.1) is 10.2 Å². The third-order valence-electron chi connectivity index (χ3n) is 3.81. The van der Waals surface area contributed by atoms with Crippen LogP contribution in [0.5, 0.6) is 5.75 Å². The van der Waals surface area contributed by atoms with Gasteiger partial charge >= 0.3 is 13.1 Å². The molecule has 0 saturated carbocycles. The van der Waals surface area contributed by atoms with Crippen LogP contribution in [0.2, 0.25) is 0 Å². The van der Waals surface area contributed by atoms with Gasteiger partial charge in [-0.2, -0.15) is 0 Å². The van der Waals surface area contributed by atoms with Crippen molar-refractivity contribution in [3.05, 3.63) is 34.6 Å². The topological polar surface area (TPSA) is 150 Å². The molecular weight excluding hydrogens is 333 g/mol. The van der Waals surface area contributed by atoms with Crippen LogP contribution in [0.1, 0.15) is 27.3 Å². The van der Waals surface area contributed by atoms with E-state index in [2.05, 4.69) is 10.2 Å². The Morgan fingerprint density at radius 1 is 1.54 bits per heavy atom. The van der Waals surface area contributed by atoms with Gasteiger partial charge in [0.05, 0.1) is 11.7 Å². The van der Waals surface area contributed by atoms with Crippen molar-refractivity contribution < 1.29 is 19.6 Å². The van der Waals surface area contributed by atoms with E-state index in [9.17, 15) is 14.9 Å². The first-order chi connectivity index (χ1) is 11.4. The molecule has 3 rings (SSSR count). The number of aromatic nitrogens is 3. The molecule has 11 heteroatoms. The smallest absolute Gasteiger partial charge is 0.535 e. The van der Waals surface area contributed by atoms with E-state index in [0.29, 0.717) is 28.5 Å². The average molecular weight is 349 g/mol. The Balaban J connectivity index is 1.89. The third kappa shape index (κ3) is 2.81. The Morgan fingerprint density at radius 2 is 2.29 bits per heavy atom. The predicted octanol–water partition coefficient (Wildman–Crippen LogP) is -0.427. The molecule has 0 aliphatic carbocycles. The van der Waals surface area contributed by atoms with Crippen LogP contribution >= 0.6 is 11.8 Å². The number of thioether (sulfide) groups is 1. The summed E-state index contributed by atoms with van der Waals surface area (Å²) in [5, 5.41) is 27.4. The van der Waals surface area contributed by atoms with Gasteiger partial charge in [-0.25, -0.2) is 9.47 Å². The molecule has 0 bridgehead atoms. The number of carboxylic acid groups (broad SMARTS) is 1. The van der Waals surface area contributed by atoms with Gasteiger partial charge < -0.3 is 26.4 Å². The Hall–Kier alpha value is -2.24. The van der Waals surface area contributed by atoms with Gasteiger partial charge in [0.1, 0.15) is 11.3 Å². The number of nitrogens with zero attached hydrogens (tertiary/aromatic N) is 3. The first kappa shape index (κ1) is 16.6. The van der Waals surface area contributed by atoms with E-state index in [-0.39, 0.29) is 17.9 Å². The molecule has 1 aliphatic rings. The lowest BCUT2D eigenvalue weighted by Gasteiger charge is -2.28. The Kier molecular flexibility index (Phi) is 4.39. The van der Waals surface area contributed by atoms with Crippen molar-refractivity contribution in [1.29, 1.82) is 0 Å². The molecule has 126 valence electrons. The first-order valence-corrected chi connectivity index (χ1v) is 8.07. The molecule has 9 nitrogen and oxygen atoms in total. The first-order valence-electron chi connectivity index (χ1n) is 7.19. The fourth-order valence-corrected chi connectivity index (χ4v) is 3.57. The number of hydrogen-bond donors (Lipinski definition) is 4. The summed E-state index contributed by atoms with van der Waals surface area (Å²) >= 11 is 1.20. The summed E-state index contributed by atoms with van der Waals surface area (Å²) in [6.45, 7) is 1.84. The second-order valence-electron chi connectivity index (χ2n) is 5.39. The molecule has 1 atom stereocenters. The van der Waals surface area contributed by atoms with E-state index < -0.39 is 18.2 Å². The maximum Gasteiger partial charge on any atom is 0.537 e. The fraction of sp³-hybridized carbons (Fsp3) is 0.308. The van der Waals surface area contributed by atoms with E-state index >= 15 is 0 Å². The minimum Gasteiger partial charge on any atom is -0.535 e. The van der Waals surface area contributed by atoms with Crippen molar-refractivity contribution in [3.8, 4) is 5.75 Å². The van der Waals surface area contributed by atoms with Crippen molar-refractivity contribution in [3.63, 3.8) is 0 Å². The minimum absolute atomic E-state index is 0.0717. The number of fused-ring (bicyclic) bond motifs is 1. The molecule has 1 aromatic carbocycles. The van der Waals surface area contributed by atoms with E-state index in [4.69, 9.17) is 16.2 Å². The lowest BCUT2D eigenvalue weighted by atomic mass is 9.77. The van der Waals surface area contributed by atoms with E-state index in [1.54, 1.807) is 19.1 Å². The number of rotatable bonds is 4. The zero-order valence-corrected chi connectivity index (χ0v) is 13.7. The van der Waals surface area contributed by atoms with Crippen LogP contribution in [-0.4, -0.2) is 43.2 Å². The normalized spacial score (nSPS) is 16.6. The Bertz CT molecular complexity index is 799. The van der Waals surface area contributed by atoms with Crippen LogP contribution in [0.4, 0.5) is 0 Å². The van der Waals surface area contributed by atoms with Crippen LogP contribution in [0.3, 0.4) is 0 Å². The highest BCUT2D eigenvalue weighted by Gasteiger charge is 2.39. The van der Waals surface area contributed by atoms with Crippen LogP contribution in [0.25, 0.3) is 0 Å². The standard InChI is InChI=1S/C13H16BN5O4S/c1-6-2-3-7-4-8(14(22)23-11(7)10(6)12(20)21)24-13-18-17-9(5-15)19(13)16/h2-3,8,22H,4-5,15-16H2,1H3,(H,20,21)/t8-/m0/s1. The Labute approximate surface area is 142 Å². The molecule has 1 aliphatic heterocycles. The summed E-state index contributed by atoms with van der Waals surface area (Å²) in [6.07, 6.45) is 0.409. The summed E-state index contributed by atoms with van der Waals surface area (Å²) in [4.78, 5) is 11.4. The maximum absolute atomic E-state index is 11.4. The zero-order valence-electron chi connectivity index (χ0n) is 12.8. The van der Waals surface area contributed by atoms with E-state index in [1.165, 1.54) is 16.4 Å². The summed E-state index contributed by atoms with van der Waals surface area (Å²) in [5.74, 6) is 5.40. The molecule has 2 heterocycles. The largest absolute Gasteiger partial charge is 0.537 e. The van der Waals surface area contributed by atoms with Gasteiger partial charge in [0.15, 0.2) is 5.82 Å². The highest BCUT2D eigenvalue weighted by molar-refractivity contribution is 8.01. The van der Waals surface area contributed by atoms with Gasteiger partial charge in [-0.1, -0.05) is 23.9 Å². The molecule has 0 saturated heterocycles. The minimum atomic E-state index is -1.19. The lowest BCUT2D eigenvalue weighted by Crippen LogP contribution is -2.41. The highest BCUT2D eigenvalue weighted by Crippen LogP contribution is 2.37. The number of aryl methyl sites for hydroxylation is 1. The number of aromatic carboxylic acids is 1. The molecule has 1 aromatic heterocycles. The summed E-state index contributed by atoms with van der Waals surface area (Å²) < 4.78 is 6.76. The summed E-state index contributed by atoms with van der Waals surface area (Å²) in [7, 11) is -1.19. The number of nitrogen functional groups attached to an aromatic ring is 1. The summed E-state index contributed by atoms with van der Waals surface area (Å²) in [6, 6.07) is 3.53. The molecule has 0 radical (unpaired) electrons. The molecular formula is C13H16BN5O4S. The SMILES string of the molecule is Cc1ccc2c(c1C(=O)O)OB(O)[C@@H](Sc1nnc(CN)n1N)C2. The number of carboxylic acids is 1. The highest BCUT2D eigenvalue weighted by atomic mass is 32.2. The number of carbonyl (C=O) groups is 1. The molecule has 24 heavy (non-hydrogen) atoms. The van der Waals surface area contributed by atoms with Gasteiger partial charge in [0, 0.05) is 0 Å². The van der Waals surface area contributed by atoms with Gasteiger partial charge in [0.2, 0.25) is 5.16 Å². The lowest BCUT2D eigenvalue weighted by molar-refractivity contribution is 0.0693. The van der Waals surface area contributed by atoms with Crippen molar-refractivity contribution in [2.45, 2.75) is 30.2 Å². The maximum atomic E-state index is 11.4. The van der Waals surface area contributed by atoms with E-state index in [1.807, 2.05) is 0 Å². The number of benzene rings is 1. The summed E-state index contributed by atoms with van der Waals surface area (Å²) in [5.41, 5.74) is 6.86. The molecule has 0 amide bonds. The third-order valence-corrected chi connectivity index (χ3v) is 5.01.